The summed E-state index contributed by atoms with van der Waals surface area (Å²) in [6.07, 6.45) is 3.60. The average molecular weight is 330 g/mol. The summed E-state index contributed by atoms with van der Waals surface area (Å²) in [5.41, 5.74) is 2.34. The van der Waals surface area contributed by atoms with Gasteiger partial charge in [0.2, 0.25) is 5.91 Å². The maximum atomic E-state index is 13.5. The predicted molar refractivity (Wildman–Crippen MR) is 86.4 cm³/mol. The van der Waals surface area contributed by atoms with Crippen LogP contribution in [0.25, 0.3) is 11.3 Å². The Balaban J connectivity index is 1.97. The molecular formula is C16H15FN4OS. The highest BCUT2D eigenvalue weighted by atomic mass is 32.1. The molecule has 2 heterocycles. The molecule has 0 fully saturated rings. The molecule has 0 bridgehead atoms. The lowest BCUT2D eigenvalue weighted by molar-refractivity contribution is -0.119. The van der Waals surface area contributed by atoms with Gasteiger partial charge in [0.1, 0.15) is 16.9 Å². The maximum absolute atomic E-state index is 13.5. The number of hydrogen-bond acceptors (Lipinski definition) is 4. The van der Waals surface area contributed by atoms with Gasteiger partial charge in [-0.2, -0.15) is 5.10 Å². The zero-order valence-electron chi connectivity index (χ0n) is 12.7. The normalized spacial score (nSPS) is 12.1. The fourth-order valence-corrected chi connectivity index (χ4v) is 3.19. The average Bonchev–Trinajstić information content (AvgIpc) is 3.13. The standard InChI is InChI=1S/C16H15FN4OS/c1-10(22)19-15(11-4-3-5-13(17)6-11)16-20-14(9-23-16)12-7-18-21(2)8-12/h3-9,15H,1-2H3,(H,19,22). The van der Waals surface area contributed by atoms with Crippen molar-refractivity contribution < 1.29 is 9.18 Å². The number of nitrogens with one attached hydrogen (secondary N) is 1. The Bertz CT molecular complexity index is 842. The molecule has 0 aliphatic rings. The minimum atomic E-state index is -0.473. The highest BCUT2D eigenvalue weighted by Crippen LogP contribution is 2.29. The van der Waals surface area contributed by atoms with E-state index < -0.39 is 6.04 Å². The third kappa shape index (κ3) is 3.45. The van der Waals surface area contributed by atoms with E-state index in [0.717, 1.165) is 11.3 Å². The molecule has 1 atom stereocenters. The van der Waals surface area contributed by atoms with Gasteiger partial charge in [-0.3, -0.25) is 9.48 Å². The van der Waals surface area contributed by atoms with E-state index in [1.54, 1.807) is 23.0 Å². The Morgan fingerprint density at radius 2 is 2.26 bits per heavy atom. The molecule has 3 rings (SSSR count). The summed E-state index contributed by atoms with van der Waals surface area (Å²) in [4.78, 5) is 16.1. The van der Waals surface area contributed by atoms with E-state index in [4.69, 9.17) is 0 Å². The van der Waals surface area contributed by atoms with Gasteiger partial charge in [0.25, 0.3) is 0 Å². The first-order chi connectivity index (χ1) is 11.0. The van der Waals surface area contributed by atoms with E-state index in [9.17, 15) is 9.18 Å². The van der Waals surface area contributed by atoms with Crippen molar-refractivity contribution in [1.82, 2.24) is 20.1 Å². The Labute approximate surface area is 136 Å². The Hall–Kier alpha value is -2.54. The van der Waals surface area contributed by atoms with E-state index in [1.807, 2.05) is 18.6 Å². The number of amides is 1. The van der Waals surface area contributed by atoms with Crippen LogP contribution >= 0.6 is 11.3 Å². The van der Waals surface area contributed by atoms with Crippen molar-refractivity contribution in [3.63, 3.8) is 0 Å². The molecule has 118 valence electrons. The molecule has 0 aliphatic carbocycles. The molecule has 23 heavy (non-hydrogen) atoms. The van der Waals surface area contributed by atoms with Crippen molar-refractivity contribution in [2.45, 2.75) is 13.0 Å². The lowest BCUT2D eigenvalue weighted by atomic mass is 10.1. The van der Waals surface area contributed by atoms with Crippen molar-refractivity contribution in [2.24, 2.45) is 7.05 Å². The second kappa shape index (κ2) is 6.29. The quantitative estimate of drug-likeness (QED) is 0.800. The fourth-order valence-electron chi connectivity index (χ4n) is 2.28. The van der Waals surface area contributed by atoms with Crippen molar-refractivity contribution in [1.29, 1.82) is 0 Å². The van der Waals surface area contributed by atoms with Crippen LogP contribution in [0.2, 0.25) is 0 Å². The van der Waals surface area contributed by atoms with Crippen molar-refractivity contribution in [2.75, 3.05) is 0 Å². The Morgan fingerprint density at radius 1 is 1.43 bits per heavy atom. The lowest BCUT2D eigenvalue weighted by Crippen LogP contribution is -2.26. The molecule has 0 aliphatic heterocycles. The number of rotatable bonds is 4. The van der Waals surface area contributed by atoms with Crippen molar-refractivity contribution in [3.05, 3.63) is 58.4 Å². The van der Waals surface area contributed by atoms with Gasteiger partial charge in [0.15, 0.2) is 0 Å². The number of halogens is 1. The molecule has 0 radical (unpaired) electrons. The van der Waals surface area contributed by atoms with Crippen LogP contribution in [-0.2, 0) is 11.8 Å². The molecule has 2 aromatic heterocycles. The van der Waals surface area contributed by atoms with Crippen LogP contribution in [-0.4, -0.2) is 20.7 Å². The highest BCUT2D eigenvalue weighted by molar-refractivity contribution is 7.10. The predicted octanol–water partition coefficient (Wildman–Crippen LogP) is 2.91. The summed E-state index contributed by atoms with van der Waals surface area (Å²) in [5.74, 6) is -0.542. The van der Waals surface area contributed by atoms with Gasteiger partial charge in [0.05, 0.1) is 11.9 Å². The number of hydrogen-bond donors (Lipinski definition) is 1. The molecule has 1 N–H and O–H groups in total. The van der Waals surface area contributed by atoms with Gasteiger partial charge in [-0.25, -0.2) is 9.37 Å². The topological polar surface area (TPSA) is 59.8 Å². The number of nitrogens with zero attached hydrogens (tertiary/aromatic N) is 3. The van der Waals surface area contributed by atoms with E-state index in [1.165, 1.54) is 30.4 Å². The summed E-state index contributed by atoms with van der Waals surface area (Å²) in [7, 11) is 1.84. The molecule has 1 unspecified atom stereocenters. The first-order valence-electron chi connectivity index (χ1n) is 7.00. The summed E-state index contributed by atoms with van der Waals surface area (Å²) >= 11 is 1.42. The lowest BCUT2D eigenvalue weighted by Gasteiger charge is -2.16. The zero-order valence-corrected chi connectivity index (χ0v) is 13.5. The molecule has 1 aromatic carbocycles. The van der Waals surface area contributed by atoms with Gasteiger partial charge in [-0.05, 0) is 17.7 Å². The number of carbonyl (C=O) groups is 1. The molecule has 0 saturated heterocycles. The van der Waals surface area contributed by atoms with E-state index in [-0.39, 0.29) is 11.7 Å². The largest absolute Gasteiger partial charge is 0.343 e. The molecule has 0 spiro atoms. The number of aryl methyl sites for hydroxylation is 1. The second-order valence-corrected chi connectivity index (χ2v) is 6.05. The summed E-state index contributed by atoms with van der Waals surface area (Å²) in [6.45, 7) is 1.43. The smallest absolute Gasteiger partial charge is 0.217 e. The van der Waals surface area contributed by atoms with Crippen LogP contribution in [0.5, 0.6) is 0 Å². The number of thiazole rings is 1. The van der Waals surface area contributed by atoms with Crippen LogP contribution < -0.4 is 5.32 Å². The molecule has 5 nitrogen and oxygen atoms in total. The minimum absolute atomic E-state index is 0.197. The van der Waals surface area contributed by atoms with E-state index in [0.29, 0.717) is 10.6 Å². The summed E-state index contributed by atoms with van der Waals surface area (Å²) in [6, 6.07) is 5.70. The summed E-state index contributed by atoms with van der Waals surface area (Å²) in [5, 5.41) is 9.56. The second-order valence-electron chi connectivity index (χ2n) is 5.16. The third-order valence-electron chi connectivity index (χ3n) is 3.30. The molecule has 0 saturated carbocycles. The summed E-state index contributed by atoms with van der Waals surface area (Å²) < 4.78 is 15.2. The SMILES string of the molecule is CC(=O)NC(c1cccc(F)c1)c1nc(-c2cnn(C)c2)cs1. The van der Waals surface area contributed by atoms with E-state index >= 15 is 0 Å². The molecular weight excluding hydrogens is 315 g/mol. The molecule has 7 heteroatoms. The van der Waals surface area contributed by atoms with Gasteiger partial charge in [-0.1, -0.05) is 12.1 Å². The number of carbonyl (C=O) groups excluding carboxylic acids is 1. The first-order valence-corrected chi connectivity index (χ1v) is 7.88. The fraction of sp³-hybridized carbons (Fsp3) is 0.188. The van der Waals surface area contributed by atoms with Gasteiger partial charge in [-0.15, -0.1) is 11.3 Å². The van der Waals surface area contributed by atoms with Crippen LogP contribution in [0.3, 0.4) is 0 Å². The first kappa shape index (κ1) is 15.4. The minimum Gasteiger partial charge on any atom is -0.343 e. The van der Waals surface area contributed by atoms with Crippen molar-refractivity contribution >= 4 is 17.2 Å². The van der Waals surface area contributed by atoms with Gasteiger partial charge < -0.3 is 5.32 Å². The van der Waals surface area contributed by atoms with Crippen molar-refractivity contribution in [3.8, 4) is 11.3 Å². The molecule has 1 amide bonds. The van der Waals surface area contributed by atoms with Crippen LogP contribution in [0.15, 0.2) is 42.0 Å². The third-order valence-corrected chi connectivity index (χ3v) is 4.21. The highest BCUT2D eigenvalue weighted by Gasteiger charge is 2.20. The van der Waals surface area contributed by atoms with Crippen LogP contribution in [0, 0.1) is 5.82 Å². The monoisotopic (exact) mass is 330 g/mol. The van der Waals surface area contributed by atoms with Crippen LogP contribution in [0.1, 0.15) is 23.5 Å². The Morgan fingerprint density at radius 3 is 2.91 bits per heavy atom. The zero-order chi connectivity index (χ0) is 16.4. The number of aromatic nitrogens is 3. The van der Waals surface area contributed by atoms with E-state index in [2.05, 4.69) is 15.4 Å². The Kier molecular flexibility index (Phi) is 4.20. The van der Waals surface area contributed by atoms with Gasteiger partial charge in [0, 0.05) is 31.1 Å². The van der Waals surface area contributed by atoms with Gasteiger partial charge >= 0.3 is 0 Å². The number of benzene rings is 1. The molecule has 3 aromatic rings. The van der Waals surface area contributed by atoms with Crippen LogP contribution in [0.4, 0.5) is 4.39 Å². The maximum Gasteiger partial charge on any atom is 0.217 e.